The number of carbonyl (C=O) groups excluding carboxylic acids is 2. The number of hydrogen-bond donors (Lipinski definition) is 1. The van der Waals surface area contributed by atoms with Crippen LogP contribution in [-0.4, -0.2) is 36.2 Å². The Balaban J connectivity index is 2.66. The molecule has 0 aromatic heterocycles. The first-order valence-electron chi connectivity index (χ1n) is 8.48. The predicted octanol–water partition coefficient (Wildman–Crippen LogP) is 3.08. The second kappa shape index (κ2) is 8.14. The Kier molecular flexibility index (Phi) is 6.28. The second-order valence-corrected chi connectivity index (χ2v) is 7.43. The Hall–Kier alpha value is -2.68. The SMILES string of the molecule is CCOC(=O)CC1=C(C(=O)c2ccc(Br)cc2OC)C(C)(O)C(C#N)(C#N)C1. The highest BCUT2D eigenvalue weighted by atomic mass is 79.9. The van der Waals surface area contributed by atoms with Gasteiger partial charge >= 0.3 is 5.97 Å². The number of ketones is 1. The maximum Gasteiger partial charge on any atom is 0.309 e. The fraction of sp³-hybridized carbons (Fsp3) is 0.400. The summed E-state index contributed by atoms with van der Waals surface area (Å²) in [5.74, 6) is -0.960. The van der Waals surface area contributed by atoms with E-state index in [9.17, 15) is 25.2 Å². The van der Waals surface area contributed by atoms with Gasteiger partial charge in [-0.05, 0) is 37.6 Å². The van der Waals surface area contributed by atoms with Crippen molar-refractivity contribution in [3.63, 3.8) is 0 Å². The van der Waals surface area contributed by atoms with Gasteiger partial charge in [-0.2, -0.15) is 10.5 Å². The van der Waals surface area contributed by atoms with Gasteiger partial charge in [0.1, 0.15) is 11.4 Å². The summed E-state index contributed by atoms with van der Waals surface area (Å²) >= 11 is 3.29. The summed E-state index contributed by atoms with van der Waals surface area (Å²) in [6.45, 7) is 3.04. The van der Waals surface area contributed by atoms with Crippen molar-refractivity contribution in [2.75, 3.05) is 13.7 Å². The number of halogens is 1. The van der Waals surface area contributed by atoms with Gasteiger partial charge in [0.2, 0.25) is 0 Å². The molecule has 2 rings (SSSR count). The number of Topliss-reactive ketones (excluding diaryl/α,β-unsaturated/α-hetero) is 1. The molecule has 1 aromatic rings. The van der Waals surface area contributed by atoms with E-state index in [0.29, 0.717) is 4.47 Å². The van der Waals surface area contributed by atoms with E-state index in [2.05, 4.69) is 15.9 Å². The molecule has 0 saturated heterocycles. The lowest BCUT2D eigenvalue weighted by molar-refractivity contribution is -0.142. The van der Waals surface area contributed by atoms with Crippen LogP contribution in [0.5, 0.6) is 5.75 Å². The fourth-order valence-corrected chi connectivity index (χ4v) is 3.71. The predicted molar refractivity (Wildman–Crippen MR) is 102 cm³/mol. The van der Waals surface area contributed by atoms with Crippen LogP contribution < -0.4 is 4.74 Å². The molecule has 7 nitrogen and oxygen atoms in total. The van der Waals surface area contributed by atoms with Gasteiger partial charge in [0, 0.05) is 16.5 Å². The first-order valence-corrected chi connectivity index (χ1v) is 9.28. The number of nitrogens with zero attached hydrogens (tertiary/aromatic N) is 2. The zero-order valence-corrected chi connectivity index (χ0v) is 17.3. The normalized spacial score (nSPS) is 20.2. The molecule has 0 fully saturated rings. The minimum absolute atomic E-state index is 0.147. The number of esters is 1. The number of methoxy groups -OCH3 is 1. The smallest absolute Gasteiger partial charge is 0.309 e. The molecule has 0 bridgehead atoms. The quantitative estimate of drug-likeness (QED) is 0.526. The largest absolute Gasteiger partial charge is 0.496 e. The van der Waals surface area contributed by atoms with Crippen LogP contribution in [0.15, 0.2) is 33.8 Å². The standard InChI is InChI=1S/C20H19BrN2O5/c1-4-28-16(24)7-12-9-20(10-22,11-23)19(2,26)17(12)18(25)14-6-5-13(21)8-15(14)27-3/h5-6,8,26H,4,7,9H2,1-3H3. The Bertz CT molecular complexity index is 923. The molecule has 1 atom stereocenters. The van der Waals surface area contributed by atoms with E-state index in [-0.39, 0.29) is 41.9 Å². The monoisotopic (exact) mass is 446 g/mol. The van der Waals surface area contributed by atoms with E-state index in [1.54, 1.807) is 19.1 Å². The zero-order valence-electron chi connectivity index (χ0n) is 15.7. The van der Waals surface area contributed by atoms with Crippen LogP contribution in [0.3, 0.4) is 0 Å². The van der Waals surface area contributed by atoms with Crippen LogP contribution in [0.1, 0.15) is 37.0 Å². The Morgan fingerprint density at radius 3 is 2.50 bits per heavy atom. The maximum atomic E-state index is 13.3. The van der Waals surface area contributed by atoms with E-state index in [1.165, 1.54) is 20.1 Å². The van der Waals surface area contributed by atoms with E-state index in [1.807, 2.05) is 12.1 Å². The zero-order chi connectivity index (χ0) is 21.1. The fourth-order valence-electron chi connectivity index (χ4n) is 3.37. The number of rotatable bonds is 6. The number of benzene rings is 1. The maximum absolute atomic E-state index is 13.3. The number of nitriles is 2. The van der Waals surface area contributed by atoms with Crippen molar-refractivity contribution in [3.8, 4) is 17.9 Å². The third kappa shape index (κ3) is 3.54. The molecule has 1 aromatic carbocycles. The molecule has 0 spiro atoms. The molecule has 0 saturated carbocycles. The number of hydrogen-bond acceptors (Lipinski definition) is 7. The number of carbonyl (C=O) groups is 2. The van der Waals surface area contributed by atoms with E-state index in [0.717, 1.165) is 0 Å². The van der Waals surface area contributed by atoms with Crippen LogP contribution in [0, 0.1) is 28.1 Å². The summed E-state index contributed by atoms with van der Waals surface area (Å²) < 4.78 is 10.9. The Labute approximate surface area is 171 Å². The highest BCUT2D eigenvalue weighted by molar-refractivity contribution is 9.10. The van der Waals surface area contributed by atoms with Crippen molar-refractivity contribution in [2.24, 2.45) is 5.41 Å². The second-order valence-electron chi connectivity index (χ2n) is 6.51. The first-order chi connectivity index (χ1) is 13.2. The molecule has 146 valence electrons. The average molecular weight is 447 g/mol. The van der Waals surface area contributed by atoms with Crippen LogP contribution in [0.4, 0.5) is 0 Å². The molecule has 0 aliphatic heterocycles. The van der Waals surface area contributed by atoms with Crippen molar-refractivity contribution >= 4 is 27.7 Å². The third-order valence-corrected chi connectivity index (χ3v) is 5.32. The molecule has 1 aliphatic carbocycles. The molecule has 28 heavy (non-hydrogen) atoms. The lowest BCUT2D eigenvalue weighted by Crippen LogP contribution is -2.43. The topological polar surface area (TPSA) is 120 Å². The molecule has 1 unspecified atom stereocenters. The van der Waals surface area contributed by atoms with E-state index in [4.69, 9.17) is 9.47 Å². The van der Waals surface area contributed by atoms with E-state index < -0.39 is 22.8 Å². The molecular formula is C20H19BrN2O5. The number of ether oxygens (including phenoxy) is 2. The van der Waals surface area contributed by atoms with Crippen molar-refractivity contribution < 1.29 is 24.2 Å². The van der Waals surface area contributed by atoms with Gasteiger partial charge in [-0.25, -0.2) is 0 Å². The molecule has 0 heterocycles. The van der Waals surface area contributed by atoms with Gasteiger partial charge in [0.15, 0.2) is 11.2 Å². The van der Waals surface area contributed by atoms with Crippen LogP contribution in [0.25, 0.3) is 0 Å². The van der Waals surface area contributed by atoms with Crippen molar-refractivity contribution in [2.45, 2.75) is 32.3 Å². The molecule has 0 radical (unpaired) electrons. The lowest BCUT2D eigenvalue weighted by atomic mass is 9.73. The minimum Gasteiger partial charge on any atom is -0.496 e. The van der Waals surface area contributed by atoms with Crippen molar-refractivity contribution in [3.05, 3.63) is 39.4 Å². The number of aliphatic hydroxyl groups is 1. The molecule has 1 N–H and O–H groups in total. The summed E-state index contributed by atoms with van der Waals surface area (Å²) in [6.07, 6.45) is -0.527. The highest BCUT2D eigenvalue weighted by Gasteiger charge is 2.59. The van der Waals surface area contributed by atoms with Gasteiger partial charge in [-0.15, -0.1) is 0 Å². The van der Waals surface area contributed by atoms with Gasteiger partial charge < -0.3 is 14.6 Å². The average Bonchev–Trinajstić information content (AvgIpc) is 2.87. The molecule has 0 amide bonds. The van der Waals surface area contributed by atoms with Crippen LogP contribution in [-0.2, 0) is 9.53 Å². The van der Waals surface area contributed by atoms with Gasteiger partial charge in [0.25, 0.3) is 0 Å². The summed E-state index contributed by atoms with van der Waals surface area (Å²) in [5.41, 5.74) is -3.75. The van der Waals surface area contributed by atoms with Crippen LogP contribution in [0.2, 0.25) is 0 Å². The molecule has 8 heteroatoms. The minimum atomic E-state index is -2.08. The van der Waals surface area contributed by atoms with E-state index >= 15 is 0 Å². The van der Waals surface area contributed by atoms with Crippen LogP contribution >= 0.6 is 15.9 Å². The third-order valence-electron chi connectivity index (χ3n) is 4.83. The summed E-state index contributed by atoms with van der Waals surface area (Å²) in [7, 11) is 1.40. The summed E-state index contributed by atoms with van der Waals surface area (Å²) in [6, 6.07) is 8.39. The molecular weight excluding hydrogens is 428 g/mol. The van der Waals surface area contributed by atoms with Gasteiger partial charge in [0.05, 0.1) is 37.8 Å². The molecule has 1 aliphatic rings. The highest BCUT2D eigenvalue weighted by Crippen LogP contribution is 2.51. The Morgan fingerprint density at radius 2 is 1.96 bits per heavy atom. The van der Waals surface area contributed by atoms with Crippen molar-refractivity contribution in [1.82, 2.24) is 0 Å². The van der Waals surface area contributed by atoms with Gasteiger partial charge in [-0.1, -0.05) is 15.9 Å². The first kappa shape index (κ1) is 21.6. The Morgan fingerprint density at radius 1 is 1.32 bits per heavy atom. The van der Waals surface area contributed by atoms with Gasteiger partial charge in [-0.3, -0.25) is 9.59 Å². The van der Waals surface area contributed by atoms with Crippen molar-refractivity contribution in [1.29, 1.82) is 10.5 Å². The lowest BCUT2D eigenvalue weighted by Gasteiger charge is -2.30. The summed E-state index contributed by atoms with van der Waals surface area (Å²) in [4.78, 5) is 25.4. The summed E-state index contributed by atoms with van der Waals surface area (Å²) in [5, 5.41) is 30.3.